The van der Waals surface area contributed by atoms with E-state index in [2.05, 4.69) is 46.9 Å². The van der Waals surface area contributed by atoms with Crippen molar-refractivity contribution in [1.29, 1.82) is 0 Å². The second kappa shape index (κ2) is 6.64. The molecule has 1 heterocycles. The summed E-state index contributed by atoms with van der Waals surface area (Å²) in [5.74, 6) is 0. The lowest BCUT2D eigenvalue weighted by atomic mass is 10.1. The molecule has 4 heteroatoms. The summed E-state index contributed by atoms with van der Waals surface area (Å²) in [6, 6.07) is 8.34. The Morgan fingerprint density at radius 1 is 1.33 bits per heavy atom. The molecule has 0 radical (unpaired) electrons. The van der Waals surface area contributed by atoms with E-state index in [4.69, 9.17) is 4.74 Å². The van der Waals surface area contributed by atoms with Crippen molar-refractivity contribution in [2.24, 2.45) is 0 Å². The van der Waals surface area contributed by atoms with Crippen LogP contribution < -0.4 is 5.32 Å². The van der Waals surface area contributed by atoms with E-state index in [-0.39, 0.29) is 0 Å². The number of ether oxygens (including phenoxy) is 1. The van der Waals surface area contributed by atoms with Gasteiger partial charge in [-0.3, -0.25) is 0 Å². The normalized spacial score (nSPS) is 10.8. The number of aryl methyl sites for hydroxylation is 1. The number of nitrogens with one attached hydrogen (secondary N) is 1. The molecule has 0 aliphatic rings. The van der Waals surface area contributed by atoms with Gasteiger partial charge >= 0.3 is 0 Å². The lowest BCUT2D eigenvalue weighted by Gasteiger charge is -2.02. The third-order valence-electron chi connectivity index (χ3n) is 2.73. The molecule has 0 spiro atoms. The van der Waals surface area contributed by atoms with Gasteiger partial charge in [0.25, 0.3) is 0 Å². The zero-order valence-corrected chi connectivity index (χ0v) is 11.6. The summed E-state index contributed by atoms with van der Waals surface area (Å²) in [4.78, 5) is 4.65. The molecule has 0 atom stereocenters. The molecular weight excluding hydrogens is 244 g/mol. The van der Waals surface area contributed by atoms with E-state index in [9.17, 15) is 0 Å². The van der Waals surface area contributed by atoms with Crippen LogP contribution >= 0.6 is 11.3 Å². The van der Waals surface area contributed by atoms with Gasteiger partial charge in [0, 0.05) is 31.1 Å². The number of benzene rings is 1. The van der Waals surface area contributed by atoms with E-state index in [1.807, 2.05) is 0 Å². The van der Waals surface area contributed by atoms with Crippen LogP contribution in [0.1, 0.15) is 10.6 Å². The van der Waals surface area contributed by atoms with Gasteiger partial charge < -0.3 is 10.1 Å². The summed E-state index contributed by atoms with van der Waals surface area (Å²) in [6.45, 7) is 4.51. The first-order chi connectivity index (χ1) is 8.81. The molecule has 0 fully saturated rings. The maximum atomic E-state index is 4.99. The lowest BCUT2D eigenvalue weighted by molar-refractivity contribution is 0.199. The quantitative estimate of drug-likeness (QED) is 0.813. The highest BCUT2D eigenvalue weighted by molar-refractivity contribution is 7.09. The Balaban J connectivity index is 2.00. The number of hydrogen-bond donors (Lipinski definition) is 1. The summed E-state index contributed by atoms with van der Waals surface area (Å²) in [5, 5.41) is 6.54. The number of aromatic nitrogens is 1. The van der Waals surface area contributed by atoms with Crippen molar-refractivity contribution in [2.45, 2.75) is 13.5 Å². The molecule has 2 aromatic rings. The SMILES string of the molecule is COCCNCc1nc(-c2ccccc2C)cs1. The summed E-state index contributed by atoms with van der Waals surface area (Å²) in [6.07, 6.45) is 0. The van der Waals surface area contributed by atoms with Crippen molar-refractivity contribution in [1.82, 2.24) is 10.3 Å². The summed E-state index contributed by atoms with van der Waals surface area (Å²) in [7, 11) is 1.71. The van der Waals surface area contributed by atoms with Crippen LogP contribution in [0.5, 0.6) is 0 Å². The molecule has 1 aromatic carbocycles. The van der Waals surface area contributed by atoms with Gasteiger partial charge in [-0.25, -0.2) is 4.98 Å². The first-order valence-electron chi connectivity index (χ1n) is 6.01. The Hall–Kier alpha value is -1.23. The number of rotatable bonds is 6. The summed E-state index contributed by atoms with van der Waals surface area (Å²) >= 11 is 1.70. The molecule has 0 bridgehead atoms. The number of thiazole rings is 1. The fourth-order valence-electron chi connectivity index (χ4n) is 1.75. The maximum Gasteiger partial charge on any atom is 0.107 e. The summed E-state index contributed by atoms with van der Waals surface area (Å²) in [5.41, 5.74) is 3.56. The largest absolute Gasteiger partial charge is 0.383 e. The lowest BCUT2D eigenvalue weighted by Crippen LogP contribution is -2.18. The van der Waals surface area contributed by atoms with Crippen molar-refractivity contribution in [3.8, 4) is 11.3 Å². The Morgan fingerprint density at radius 2 is 2.17 bits per heavy atom. The second-order valence-electron chi connectivity index (χ2n) is 4.11. The minimum absolute atomic E-state index is 0.732. The molecule has 18 heavy (non-hydrogen) atoms. The van der Waals surface area contributed by atoms with Gasteiger partial charge in [-0.05, 0) is 12.5 Å². The van der Waals surface area contributed by atoms with Crippen molar-refractivity contribution in [2.75, 3.05) is 20.3 Å². The minimum Gasteiger partial charge on any atom is -0.383 e. The van der Waals surface area contributed by atoms with E-state index < -0.39 is 0 Å². The highest BCUT2D eigenvalue weighted by atomic mass is 32.1. The van der Waals surface area contributed by atoms with Crippen LogP contribution in [0, 0.1) is 6.92 Å². The molecule has 3 nitrogen and oxygen atoms in total. The average molecular weight is 262 g/mol. The van der Waals surface area contributed by atoms with Gasteiger partial charge in [-0.1, -0.05) is 24.3 Å². The second-order valence-corrected chi connectivity index (χ2v) is 5.05. The van der Waals surface area contributed by atoms with E-state index >= 15 is 0 Å². The molecule has 0 saturated heterocycles. The molecule has 0 unspecified atom stereocenters. The van der Waals surface area contributed by atoms with Crippen molar-refractivity contribution in [3.05, 3.63) is 40.2 Å². The predicted octanol–water partition coefficient (Wildman–Crippen LogP) is 2.85. The van der Waals surface area contributed by atoms with Crippen molar-refractivity contribution in [3.63, 3.8) is 0 Å². The minimum atomic E-state index is 0.732. The van der Waals surface area contributed by atoms with Crippen LogP contribution in [0.4, 0.5) is 0 Å². The standard InChI is InChI=1S/C14H18N2OS/c1-11-5-3-4-6-12(11)13-10-18-14(16-13)9-15-7-8-17-2/h3-6,10,15H,7-9H2,1-2H3. The van der Waals surface area contributed by atoms with Crippen LogP contribution in [0.15, 0.2) is 29.6 Å². The molecule has 0 aliphatic heterocycles. The molecule has 1 aromatic heterocycles. The first-order valence-corrected chi connectivity index (χ1v) is 6.89. The van der Waals surface area contributed by atoms with Crippen LogP contribution in [-0.4, -0.2) is 25.2 Å². The molecule has 0 amide bonds. The number of hydrogen-bond acceptors (Lipinski definition) is 4. The number of nitrogens with zero attached hydrogens (tertiary/aromatic N) is 1. The monoisotopic (exact) mass is 262 g/mol. The molecule has 0 saturated carbocycles. The van der Waals surface area contributed by atoms with Crippen LogP contribution in [0.3, 0.4) is 0 Å². The van der Waals surface area contributed by atoms with E-state index in [0.717, 1.165) is 30.4 Å². The predicted molar refractivity (Wildman–Crippen MR) is 75.9 cm³/mol. The van der Waals surface area contributed by atoms with Gasteiger partial charge in [0.05, 0.1) is 12.3 Å². The molecule has 0 aliphatic carbocycles. The summed E-state index contributed by atoms with van der Waals surface area (Å²) < 4.78 is 4.99. The van der Waals surface area contributed by atoms with Crippen molar-refractivity contribution < 1.29 is 4.74 Å². The molecule has 96 valence electrons. The fraction of sp³-hybridized carbons (Fsp3) is 0.357. The van der Waals surface area contributed by atoms with E-state index in [1.165, 1.54) is 11.1 Å². The van der Waals surface area contributed by atoms with Crippen molar-refractivity contribution >= 4 is 11.3 Å². The van der Waals surface area contributed by atoms with Gasteiger partial charge in [0.15, 0.2) is 0 Å². The van der Waals surface area contributed by atoms with Crippen LogP contribution in [0.25, 0.3) is 11.3 Å². The average Bonchev–Trinajstić information content (AvgIpc) is 2.84. The fourth-order valence-corrected chi connectivity index (χ4v) is 2.51. The molecule has 2 rings (SSSR count). The first kappa shape index (κ1) is 13.2. The van der Waals surface area contributed by atoms with Crippen LogP contribution in [0.2, 0.25) is 0 Å². The third kappa shape index (κ3) is 3.38. The van der Waals surface area contributed by atoms with Gasteiger partial charge in [-0.2, -0.15) is 0 Å². The Kier molecular flexibility index (Phi) is 4.87. The zero-order valence-electron chi connectivity index (χ0n) is 10.8. The number of methoxy groups -OCH3 is 1. The van der Waals surface area contributed by atoms with Crippen LogP contribution in [-0.2, 0) is 11.3 Å². The highest BCUT2D eigenvalue weighted by Crippen LogP contribution is 2.24. The molecular formula is C14H18N2OS. The smallest absolute Gasteiger partial charge is 0.107 e. The topological polar surface area (TPSA) is 34.1 Å². The third-order valence-corrected chi connectivity index (χ3v) is 3.58. The van der Waals surface area contributed by atoms with Gasteiger partial charge in [-0.15, -0.1) is 11.3 Å². The Morgan fingerprint density at radius 3 is 2.94 bits per heavy atom. The van der Waals surface area contributed by atoms with E-state index in [1.54, 1.807) is 18.4 Å². The zero-order chi connectivity index (χ0) is 12.8. The maximum absolute atomic E-state index is 4.99. The molecule has 1 N–H and O–H groups in total. The Bertz CT molecular complexity index is 496. The Labute approximate surface area is 112 Å². The van der Waals surface area contributed by atoms with Gasteiger partial charge in [0.1, 0.15) is 5.01 Å². The van der Waals surface area contributed by atoms with Gasteiger partial charge in [0.2, 0.25) is 0 Å². The van der Waals surface area contributed by atoms with E-state index in [0.29, 0.717) is 0 Å². The highest BCUT2D eigenvalue weighted by Gasteiger charge is 2.06.